The van der Waals surface area contributed by atoms with E-state index < -0.39 is 36.9 Å². The van der Waals surface area contributed by atoms with Crippen LogP contribution in [0.4, 0.5) is 0 Å². The van der Waals surface area contributed by atoms with Crippen molar-refractivity contribution in [2.75, 3.05) is 6.61 Å². The van der Waals surface area contributed by atoms with Crippen LogP contribution in [-0.4, -0.2) is 54.0 Å². The number of ether oxygens (including phenoxy) is 4. The van der Waals surface area contributed by atoms with Gasteiger partial charge in [0.05, 0.1) is 6.61 Å². The first-order valence-electron chi connectivity index (χ1n) is 12.5. The molecule has 0 saturated carbocycles. The lowest BCUT2D eigenvalue weighted by atomic mass is 9.95. The van der Waals surface area contributed by atoms with Gasteiger partial charge in [0.1, 0.15) is 30.1 Å². The van der Waals surface area contributed by atoms with E-state index in [9.17, 15) is 14.7 Å². The van der Waals surface area contributed by atoms with Crippen LogP contribution in [0, 0.1) is 0 Å². The Bertz CT molecular complexity index is 1280. The summed E-state index contributed by atoms with van der Waals surface area (Å²) >= 11 is 0. The Kier molecular flexibility index (Phi) is 7.95. The van der Waals surface area contributed by atoms with E-state index in [2.05, 4.69) is 5.32 Å². The summed E-state index contributed by atoms with van der Waals surface area (Å²) in [6.07, 6.45) is -1.06. The highest BCUT2D eigenvalue weighted by Crippen LogP contribution is 2.35. The van der Waals surface area contributed by atoms with Gasteiger partial charge in [0.15, 0.2) is 12.1 Å². The van der Waals surface area contributed by atoms with E-state index in [-0.39, 0.29) is 18.3 Å². The van der Waals surface area contributed by atoms with E-state index >= 15 is 0 Å². The highest BCUT2D eigenvalue weighted by Gasteiger charge is 2.50. The maximum atomic E-state index is 12.6. The quantitative estimate of drug-likeness (QED) is 0.366. The average molecular weight is 516 g/mol. The fourth-order valence-corrected chi connectivity index (χ4v) is 4.58. The number of amides is 1. The molecule has 2 saturated heterocycles. The maximum Gasteiger partial charge on any atom is 0.223 e. The molecule has 0 bridgehead atoms. The Morgan fingerprint density at radius 1 is 0.947 bits per heavy atom. The molecule has 8 nitrogen and oxygen atoms in total. The zero-order valence-electron chi connectivity index (χ0n) is 20.8. The number of aliphatic hydroxyl groups is 1. The number of para-hydroxylation sites is 1. The summed E-state index contributed by atoms with van der Waals surface area (Å²) in [5, 5.41) is 14.0. The van der Waals surface area contributed by atoms with Crippen molar-refractivity contribution in [3.63, 3.8) is 0 Å². The molecule has 0 radical (unpaired) electrons. The highest BCUT2D eigenvalue weighted by molar-refractivity contribution is 6.06. The standard InChI is InChI=1S/C30H29NO7/c1-19(32)31-26-27(34)28-25(18-35-29(38-28)22-13-6-3-7-14-22)37-30(26)36-24-15-9-8-12-21(24)16-17-23(33)20-10-4-2-5-11-20/h2-17,25-30,34H,18H2,1H3,(H,31,32)/b17-16+/t25-,26+,27+,28+,29+,30-/m1/s1. The third-order valence-corrected chi connectivity index (χ3v) is 6.44. The second kappa shape index (κ2) is 11.7. The number of rotatable bonds is 7. The summed E-state index contributed by atoms with van der Waals surface area (Å²) in [5.74, 6) is -0.0680. The molecule has 2 aliphatic rings. The fraction of sp³-hybridized carbons (Fsp3) is 0.267. The Balaban J connectivity index is 1.35. The molecule has 3 aromatic rings. The van der Waals surface area contributed by atoms with Gasteiger partial charge in [0, 0.05) is 23.6 Å². The Labute approximate surface area is 220 Å². The molecule has 196 valence electrons. The van der Waals surface area contributed by atoms with Gasteiger partial charge in [-0.05, 0) is 18.2 Å². The van der Waals surface area contributed by atoms with Crippen LogP contribution >= 0.6 is 0 Å². The second-order valence-corrected chi connectivity index (χ2v) is 9.16. The summed E-state index contributed by atoms with van der Waals surface area (Å²) in [6.45, 7) is 1.53. The van der Waals surface area contributed by atoms with Crippen molar-refractivity contribution in [2.45, 2.75) is 43.9 Å². The minimum absolute atomic E-state index is 0.145. The summed E-state index contributed by atoms with van der Waals surface area (Å²) in [5.41, 5.74) is 2.03. The van der Waals surface area contributed by atoms with Crippen molar-refractivity contribution in [1.82, 2.24) is 5.32 Å². The van der Waals surface area contributed by atoms with Crippen LogP contribution in [0.15, 0.2) is 91.0 Å². The molecule has 8 heteroatoms. The van der Waals surface area contributed by atoms with Gasteiger partial charge in [-0.3, -0.25) is 9.59 Å². The minimum atomic E-state index is -1.12. The predicted molar refractivity (Wildman–Crippen MR) is 139 cm³/mol. The largest absolute Gasteiger partial charge is 0.462 e. The lowest BCUT2D eigenvalue weighted by Gasteiger charge is -2.47. The van der Waals surface area contributed by atoms with Crippen LogP contribution in [-0.2, 0) is 19.0 Å². The number of hydrogen-bond acceptors (Lipinski definition) is 7. The summed E-state index contributed by atoms with van der Waals surface area (Å²) in [4.78, 5) is 24.6. The minimum Gasteiger partial charge on any atom is -0.462 e. The second-order valence-electron chi connectivity index (χ2n) is 9.16. The van der Waals surface area contributed by atoms with Crippen LogP contribution in [0.2, 0.25) is 0 Å². The number of fused-ring (bicyclic) bond motifs is 1. The number of carbonyl (C=O) groups is 2. The molecule has 0 spiro atoms. The summed E-state index contributed by atoms with van der Waals surface area (Å²) in [7, 11) is 0. The molecular weight excluding hydrogens is 486 g/mol. The normalized spacial score (nSPS) is 26.9. The maximum absolute atomic E-state index is 12.6. The molecule has 5 rings (SSSR count). The third kappa shape index (κ3) is 5.84. The summed E-state index contributed by atoms with van der Waals surface area (Å²) < 4.78 is 24.3. The summed E-state index contributed by atoms with van der Waals surface area (Å²) in [6, 6.07) is 24.6. The van der Waals surface area contributed by atoms with Gasteiger partial charge < -0.3 is 29.4 Å². The molecule has 2 aliphatic heterocycles. The lowest BCUT2D eigenvalue weighted by Crippen LogP contribution is -2.67. The van der Waals surface area contributed by atoms with Gasteiger partial charge in [-0.1, -0.05) is 78.9 Å². The molecular formula is C30H29NO7. The molecule has 1 amide bonds. The van der Waals surface area contributed by atoms with E-state index in [1.165, 1.54) is 13.0 Å². The number of ketones is 1. The fourth-order valence-electron chi connectivity index (χ4n) is 4.58. The molecule has 2 N–H and O–H groups in total. The molecule has 0 aliphatic carbocycles. The van der Waals surface area contributed by atoms with Crippen LogP contribution in [0.3, 0.4) is 0 Å². The average Bonchev–Trinajstić information content (AvgIpc) is 2.95. The molecule has 6 atom stereocenters. The first kappa shape index (κ1) is 25.8. The zero-order chi connectivity index (χ0) is 26.5. The van der Waals surface area contributed by atoms with Crippen molar-refractivity contribution in [1.29, 1.82) is 0 Å². The number of benzene rings is 3. The van der Waals surface area contributed by atoms with Gasteiger partial charge >= 0.3 is 0 Å². The Morgan fingerprint density at radius 2 is 1.63 bits per heavy atom. The van der Waals surface area contributed by atoms with Crippen molar-refractivity contribution in [3.8, 4) is 5.75 Å². The topological polar surface area (TPSA) is 103 Å². The van der Waals surface area contributed by atoms with Crippen LogP contribution in [0.5, 0.6) is 5.75 Å². The van der Waals surface area contributed by atoms with Crippen LogP contribution in [0.1, 0.15) is 34.7 Å². The monoisotopic (exact) mass is 515 g/mol. The molecule has 2 heterocycles. The van der Waals surface area contributed by atoms with E-state index in [0.717, 1.165) is 5.56 Å². The molecule has 2 fully saturated rings. The number of aliphatic hydroxyl groups excluding tert-OH is 1. The van der Waals surface area contributed by atoms with Gasteiger partial charge in [-0.25, -0.2) is 0 Å². The van der Waals surface area contributed by atoms with E-state index in [0.29, 0.717) is 16.9 Å². The zero-order valence-corrected chi connectivity index (χ0v) is 20.8. The van der Waals surface area contributed by atoms with Crippen molar-refractivity contribution in [3.05, 3.63) is 108 Å². The lowest BCUT2D eigenvalue weighted by molar-refractivity contribution is -0.333. The SMILES string of the molecule is CC(=O)N[C@@H]1[C@H](Oc2ccccc2/C=C/C(=O)c2ccccc2)O[C@@H]2CO[C@H](c3ccccc3)O[C@@H]2[C@H]1O. The van der Waals surface area contributed by atoms with Crippen LogP contribution in [0.25, 0.3) is 6.08 Å². The Morgan fingerprint density at radius 3 is 2.37 bits per heavy atom. The van der Waals surface area contributed by atoms with Crippen LogP contribution < -0.4 is 10.1 Å². The van der Waals surface area contributed by atoms with Gasteiger partial charge in [0.2, 0.25) is 12.2 Å². The van der Waals surface area contributed by atoms with Gasteiger partial charge in [-0.15, -0.1) is 0 Å². The van der Waals surface area contributed by atoms with Gasteiger partial charge in [-0.2, -0.15) is 0 Å². The highest BCUT2D eigenvalue weighted by atomic mass is 16.7. The Hall–Kier alpha value is -3.82. The molecule has 0 aromatic heterocycles. The van der Waals surface area contributed by atoms with E-state index in [1.807, 2.05) is 42.5 Å². The molecule has 38 heavy (non-hydrogen) atoms. The predicted octanol–water partition coefficient (Wildman–Crippen LogP) is 3.67. The number of allylic oxidation sites excluding steroid dienone is 1. The number of hydrogen-bond donors (Lipinski definition) is 2. The van der Waals surface area contributed by atoms with E-state index in [4.69, 9.17) is 18.9 Å². The molecule has 0 unspecified atom stereocenters. The van der Waals surface area contributed by atoms with E-state index in [1.54, 1.807) is 48.5 Å². The number of carbonyl (C=O) groups excluding carboxylic acids is 2. The third-order valence-electron chi connectivity index (χ3n) is 6.44. The smallest absolute Gasteiger partial charge is 0.223 e. The molecule has 3 aromatic carbocycles. The first-order valence-corrected chi connectivity index (χ1v) is 12.5. The first-order chi connectivity index (χ1) is 18.5. The van der Waals surface area contributed by atoms with Crippen molar-refractivity contribution in [2.24, 2.45) is 0 Å². The van der Waals surface area contributed by atoms with Crippen molar-refractivity contribution >= 4 is 17.8 Å². The number of nitrogens with one attached hydrogen (secondary N) is 1. The van der Waals surface area contributed by atoms with Crippen molar-refractivity contribution < 1.29 is 33.6 Å². The van der Waals surface area contributed by atoms with Gasteiger partial charge in [0.25, 0.3) is 0 Å².